The van der Waals surface area contributed by atoms with E-state index in [1.54, 1.807) is 71.5 Å². The highest BCUT2D eigenvalue weighted by molar-refractivity contribution is 6.33. The lowest BCUT2D eigenvalue weighted by molar-refractivity contribution is 0.102. The number of nitrogens with zero attached hydrogens (tertiary/aromatic N) is 3. The van der Waals surface area contributed by atoms with E-state index in [-0.39, 0.29) is 11.7 Å². The van der Waals surface area contributed by atoms with Gasteiger partial charge >= 0.3 is 0 Å². The van der Waals surface area contributed by atoms with Crippen LogP contribution in [0.3, 0.4) is 0 Å². The molecular weight excluding hydrogens is 379 g/mol. The average molecular weight is 393 g/mol. The minimum absolute atomic E-state index is 0.267. The summed E-state index contributed by atoms with van der Waals surface area (Å²) in [6.07, 6.45) is 1.60. The molecule has 0 radical (unpaired) electrons. The van der Waals surface area contributed by atoms with Crippen LogP contribution in [0.4, 0.5) is 10.1 Å². The van der Waals surface area contributed by atoms with Crippen LogP contribution in [0.5, 0.6) is 0 Å². The zero-order valence-corrected chi connectivity index (χ0v) is 15.3. The molecule has 4 aromatic rings. The summed E-state index contributed by atoms with van der Waals surface area (Å²) in [5, 5.41) is 11.3. The van der Waals surface area contributed by atoms with Crippen LogP contribution in [0.1, 0.15) is 10.4 Å². The molecule has 1 heterocycles. The molecule has 0 saturated carbocycles. The minimum Gasteiger partial charge on any atom is -0.321 e. The van der Waals surface area contributed by atoms with Crippen molar-refractivity contribution in [2.45, 2.75) is 0 Å². The molecule has 7 heteroatoms. The molecule has 0 unspecified atom stereocenters. The van der Waals surface area contributed by atoms with Gasteiger partial charge in [0.25, 0.3) is 5.91 Å². The number of anilines is 1. The highest BCUT2D eigenvalue weighted by Crippen LogP contribution is 2.23. The highest BCUT2D eigenvalue weighted by Gasteiger charge is 2.11. The number of amides is 1. The summed E-state index contributed by atoms with van der Waals surface area (Å²) in [5.41, 5.74) is 3.26. The lowest BCUT2D eigenvalue weighted by Crippen LogP contribution is -2.12. The standard InChI is InChI=1S/C21H14ClFN4O/c22-18-3-1-2-4-19(18)25-21(28)15-7-11-17(12-8-15)27-20(13-24-26-27)14-5-9-16(23)10-6-14/h1-13H,(H,25,28). The van der Waals surface area contributed by atoms with Gasteiger partial charge in [-0.2, -0.15) is 0 Å². The van der Waals surface area contributed by atoms with Gasteiger partial charge in [0.05, 0.1) is 28.3 Å². The van der Waals surface area contributed by atoms with Crippen molar-refractivity contribution in [2.75, 3.05) is 5.32 Å². The van der Waals surface area contributed by atoms with Crippen LogP contribution in [-0.2, 0) is 0 Å². The first-order valence-electron chi connectivity index (χ1n) is 8.45. The Morgan fingerprint density at radius 1 is 0.964 bits per heavy atom. The van der Waals surface area contributed by atoms with Gasteiger partial charge in [-0.15, -0.1) is 5.10 Å². The number of carbonyl (C=O) groups excluding carboxylic acids is 1. The Hall–Kier alpha value is -3.51. The lowest BCUT2D eigenvalue weighted by Gasteiger charge is -2.09. The predicted molar refractivity (Wildman–Crippen MR) is 106 cm³/mol. The number of rotatable bonds is 4. The van der Waals surface area contributed by atoms with Gasteiger partial charge in [0, 0.05) is 11.1 Å². The number of para-hydroxylation sites is 1. The van der Waals surface area contributed by atoms with Crippen molar-refractivity contribution in [3.05, 3.63) is 95.4 Å². The molecule has 28 heavy (non-hydrogen) atoms. The zero-order valence-electron chi connectivity index (χ0n) is 14.5. The number of hydrogen-bond donors (Lipinski definition) is 1. The second kappa shape index (κ2) is 7.62. The molecule has 0 aliphatic carbocycles. The molecule has 4 rings (SSSR count). The average Bonchev–Trinajstić information content (AvgIpc) is 3.20. The van der Waals surface area contributed by atoms with Gasteiger partial charge in [-0.1, -0.05) is 28.9 Å². The second-order valence-electron chi connectivity index (χ2n) is 6.02. The maximum atomic E-state index is 13.2. The fourth-order valence-corrected chi connectivity index (χ4v) is 2.94. The number of nitrogens with one attached hydrogen (secondary N) is 1. The molecule has 0 atom stereocenters. The minimum atomic E-state index is -0.309. The number of carbonyl (C=O) groups is 1. The third kappa shape index (κ3) is 3.63. The monoisotopic (exact) mass is 392 g/mol. The molecule has 0 bridgehead atoms. The Morgan fingerprint density at radius 2 is 1.68 bits per heavy atom. The third-order valence-electron chi connectivity index (χ3n) is 4.19. The van der Waals surface area contributed by atoms with Crippen molar-refractivity contribution < 1.29 is 9.18 Å². The van der Waals surface area contributed by atoms with Gasteiger partial charge in [0.1, 0.15) is 5.82 Å². The summed E-state index contributed by atoms with van der Waals surface area (Å²) in [6, 6.07) is 20.0. The number of hydrogen-bond acceptors (Lipinski definition) is 3. The number of benzene rings is 3. The topological polar surface area (TPSA) is 59.8 Å². The molecule has 0 saturated heterocycles. The first kappa shape index (κ1) is 17.9. The van der Waals surface area contributed by atoms with Crippen LogP contribution < -0.4 is 5.32 Å². The Morgan fingerprint density at radius 3 is 2.39 bits per heavy atom. The van der Waals surface area contributed by atoms with Crippen LogP contribution in [-0.4, -0.2) is 20.9 Å². The fraction of sp³-hybridized carbons (Fsp3) is 0. The first-order chi connectivity index (χ1) is 13.6. The zero-order chi connectivity index (χ0) is 19.5. The largest absolute Gasteiger partial charge is 0.321 e. The Bertz CT molecular complexity index is 1120. The summed E-state index contributed by atoms with van der Waals surface area (Å²) >= 11 is 6.08. The van der Waals surface area contributed by atoms with Crippen LogP contribution in [0.15, 0.2) is 79.0 Å². The molecular formula is C21H14ClFN4O. The molecule has 3 aromatic carbocycles. The van der Waals surface area contributed by atoms with E-state index < -0.39 is 0 Å². The molecule has 0 fully saturated rings. The Kier molecular flexibility index (Phi) is 4.87. The maximum Gasteiger partial charge on any atom is 0.255 e. The van der Waals surface area contributed by atoms with Crippen molar-refractivity contribution in [1.29, 1.82) is 0 Å². The Labute approximate surface area is 165 Å². The lowest BCUT2D eigenvalue weighted by atomic mass is 10.1. The third-order valence-corrected chi connectivity index (χ3v) is 4.51. The Balaban J connectivity index is 1.58. The van der Waals surface area contributed by atoms with Crippen molar-refractivity contribution in [1.82, 2.24) is 15.0 Å². The van der Waals surface area contributed by atoms with Gasteiger partial charge < -0.3 is 5.32 Å². The molecule has 1 N–H and O–H groups in total. The van der Waals surface area contributed by atoms with E-state index >= 15 is 0 Å². The summed E-state index contributed by atoms with van der Waals surface area (Å²) in [7, 11) is 0. The predicted octanol–water partition coefficient (Wildman–Crippen LogP) is 4.98. The summed E-state index contributed by atoms with van der Waals surface area (Å²) in [4.78, 5) is 12.4. The fourth-order valence-electron chi connectivity index (χ4n) is 2.75. The quantitative estimate of drug-likeness (QED) is 0.533. The van der Waals surface area contributed by atoms with Crippen molar-refractivity contribution in [2.24, 2.45) is 0 Å². The van der Waals surface area contributed by atoms with E-state index in [2.05, 4.69) is 15.6 Å². The van der Waals surface area contributed by atoms with Gasteiger partial charge in [0.2, 0.25) is 0 Å². The smallest absolute Gasteiger partial charge is 0.255 e. The molecule has 138 valence electrons. The molecule has 1 aromatic heterocycles. The molecule has 1 amide bonds. The van der Waals surface area contributed by atoms with Crippen molar-refractivity contribution in [3.8, 4) is 16.9 Å². The molecule has 5 nitrogen and oxygen atoms in total. The van der Waals surface area contributed by atoms with E-state index in [9.17, 15) is 9.18 Å². The normalized spacial score (nSPS) is 10.6. The molecule has 0 aliphatic rings. The summed E-state index contributed by atoms with van der Waals surface area (Å²) in [6.45, 7) is 0. The molecule has 0 aliphatic heterocycles. The van der Waals surface area contributed by atoms with E-state index in [0.29, 0.717) is 22.0 Å². The van der Waals surface area contributed by atoms with Crippen LogP contribution >= 0.6 is 11.6 Å². The maximum absolute atomic E-state index is 13.2. The van der Waals surface area contributed by atoms with E-state index in [1.165, 1.54) is 12.1 Å². The van der Waals surface area contributed by atoms with Gasteiger partial charge in [-0.05, 0) is 60.7 Å². The van der Waals surface area contributed by atoms with Crippen molar-refractivity contribution in [3.63, 3.8) is 0 Å². The van der Waals surface area contributed by atoms with E-state index in [4.69, 9.17) is 11.6 Å². The number of aromatic nitrogens is 3. The second-order valence-corrected chi connectivity index (χ2v) is 6.43. The highest BCUT2D eigenvalue weighted by atomic mass is 35.5. The first-order valence-corrected chi connectivity index (χ1v) is 8.82. The van der Waals surface area contributed by atoms with Crippen LogP contribution in [0.2, 0.25) is 5.02 Å². The van der Waals surface area contributed by atoms with Gasteiger partial charge in [-0.3, -0.25) is 4.79 Å². The van der Waals surface area contributed by atoms with E-state index in [1.807, 2.05) is 0 Å². The molecule has 0 spiro atoms. The van der Waals surface area contributed by atoms with Crippen molar-refractivity contribution >= 4 is 23.2 Å². The summed E-state index contributed by atoms with van der Waals surface area (Å²) in [5.74, 6) is -0.575. The number of halogens is 2. The van der Waals surface area contributed by atoms with Gasteiger partial charge in [0.15, 0.2) is 0 Å². The SMILES string of the molecule is O=C(Nc1ccccc1Cl)c1ccc(-n2nncc2-c2ccc(F)cc2)cc1. The van der Waals surface area contributed by atoms with E-state index in [0.717, 1.165) is 11.3 Å². The van der Waals surface area contributed by atoms with Crippen LogP contribution in [0, 0.1) is 5.82 Å². The van der Waals surface area contributed by atoms with Gasteiger partial charge in [-0.25, -0.2) is 9.07 Å². The summed E-state index contributed by atoms with van der Waals surface area (Å²) < 4.78 is 14.8. The van der Waals surface area contributed by atoms with Crippen LogP contribution in [0.25, 0.3) is 16.9 Å².